The number of ether oxygens (including phenoxy) is 1. The van der Waals surface area contributed by atoms with E-state index in [0.29, 0.717) is 18.1 Å². The molecule has 3 heterocycles. The van der Waals surface area contributed by atoms with Crippen molar-refractivity contribution in [3.63, 3.8) is 0 Å². The van der Waals surface area contributed by atoms with Crippen LogP contribution in [0.15, 0.2) is 36.7 Å². The minimum Gasteiger partial charge on any atom is -0.375 e. The maximum Gasteiger partial charge on any atom is 0.0627 e. The summed E-state index contributed by atoms with van der Waals surface area (Å²) in [5, 5.41) is 2.40. The number of benzene rings is 1. The monoisotopic (exact) mass is 254 g/mol. The second-order valence-corrected chi connectivity index (χ2v) is 5.74. The summed E-state index contributed by atoms with van der Waals surface area (Å²) in [4.78, 5) is 4.18. The third-order valence-corrected chi connectivity index (χ3v) is 4.69. The maximum atomic E-state index is 6.55. The highest BCUT2D eigenvalue weighted by Gasteiger charge is 2.43. The molecular weight excluding hydrogens is 236 g/mol. The van der Waals surface area contributed by atoms with Crippen molar-refractivity contribution >= 4 is 10.8 Å². The molecule has 4 atom stereocenters. The zero-order chi connectivity index (χ0) is 12.8. The molecule has 0 aliphatic carbocycles. The number of fused-ring (bicyclic) bond motifs is 3. The quantitative estimate of drug-likeness (QED) is 0.896. The van der Waals surface area contributed by atoms with Crippen LogP contribution in [-0.4, -0.2) is 17.2 Å². The van der Waals surface area contributed by atoms with Crippen LogP contribution in [-0.2, 0) is 4.74 Å². The molecule has 1 aromatic carbocycles. The van der Waals surface area contributed by atoms with E-state index in [9.17, 15) is 0 Å². The number of hydrogen-bond donors (Lipinski definition) is 1. The molecule has 98 valence electrons. The number of aromatic nitrogens is 1. The van der Waals surface area contributed by atoms with E-state index >= 15 is 0 Å². The average Bonchev–Trinajstić information content (AvgIpc) is 3.08. The van der Waals surface area contributed by atoms with Gasteiger partial charge in [-0.3, -0.25) is 4.98 Å². The van der Waals surface area contributed by atoms with Gasteiger partial charge < -0.3 is 10.5 Å². The molecule has 2 fully saturated rings. The summed E-state index contributed by atoms with van der Waals surface area (Å²) < 4.78 is 5.95. The summed E-state index contributed by atoms with van der Waals surface area (Å²) in [7, 11) is 0. The Morgan fingerprint density at radius 1 is 1.26 bits per heavy atom. The smallest absolute Gasteiger partial charge is 0.0627 e. The lowest BCUT2D eigenvalue weighted by Gasteiger charge is -2.26. The predicted octanol–water partition coefficient (Wildman–Crippen LogP) is 2.80. The number of nitrogens with zero attached hydrogens (tertiary/aromatic N) is 1. The van der Waals surface area contributed by atoms with E-state index in [1.165, 1.54) is 29.2 Å². The van der Waals surface area contributed by atoms with E-state index in [0.717, 1.165) is 6.42 Å². The standard InChI is InChI=1S/C16H18N2O/c17-16(14-8-11-4-5-15(14)19-11)13-3-1-2-10-9-18-7-6-12(10)13/h1-3,6-7,9,11,14-16H,4-5,8,17H2. The maximum absolute atomic E-state index is 6.55. The van der Waals surface area contributed by atoms with Crippen LogP contribution in [0, 0.1) is 5.92 Å². The van der Waals surface area contributed by atoms with E-state index in [-0.39, 0.29) is 6.04 Å². The van der Waals surface area contributed by atoms with Crippen molar-refractivity contribution in [2.45, 2.75) is 37.5 Å². The van der Waals surface area contributed by atoms with Gasteiger partial charge in [0.1, 0.15) is 0 Å². The minimum atomic E-state index is 0.0707. The summed E-state index contributed by atoms with van der Waals surface area (Å²) in [6.07, 6.45) is 8.09. The Kier molecular flexibility index (Phi) is 2.57. The Balaban J connectivity index is 1.74. The van der Waals surface area contributed by atoms with Gasteiger partial charge in [0, 0.05) is 29.7 Å². The van der Waals surface area contributed by atoms with Crippen LogP contribution in [0.5, 0.6) is 0 Å². The molecule has 4 unspecified atom stereocenters. The molecule has 3 nitrogen and oxygen atoms in total. The predicted molar refractivity (Wildman–Crippen MR) is 74.7 cm³/mol. The summed E-state index contributed by atoms with van der Waals surface area (Å²) in [6, 6.07) is 8.46. The third kappa shape index (κ3) is 1.77. The zero-order valence-corrected chi connectivity index (χ0v) is 10.8. The largest absolute Gasteiger partial charge is 0.375 e. The molecule has 2 N–H and O–H groups in total. The lowest BCUT2D eigenvalue weighted by atomic mass is 9.80. The highest BCUT2D eigenvalue weighted by molar-refractivity contribution is 5.85. The first-order chi connectivity index (χ1) is 9.33. The highest BCUT2D eigenvalue weighted by atomic mass is 16.5. The molecule has 0 spiro atoms. The second-order valence-electron chi connectivity index (χ2n) is 5.74. The first kappa shape index (κ1) is 11.4. The van der Waals surface area contributed by atoms with E-state index in [2.05, 4.69) is 29.2 Å². The van der Waals surface area contributed by atoms with Crippen molar-refractivity contribution in [1.82, 2.24) is 4.98 Å². The van der Waals surface area contributed by atoms with Gasteiger partial charge in [0.05, 0.1) is 12.2 Å². The summed E-state index contributed by atoms with van der Waals surface area (Å²) in [5.74, 6) is 0.470. The zero-order valence-electron chi connectivity index (χ0n) is 10.8. The van der Waals surface area contributed by atoms with Gasteiger partial charge in [-0.1, -0.05) is 18.2 Å². The van der Waals surface area contributed by atoms with E-state index in [1.54, 1.807) is 0 Å². The van der Waals surface area contributed by atoms with Crippen LogP contribution in [0.25, 0.3) is 10.8 Å². The van der Waals surface area contributed by atoms with Crippen LogP contribution < -0.4 is 5.73 Å². The third-order valence-electron chi connectivity index (χ3n) is 4.69. The fraction of sp³-hybridized carbons (Fsp3) is 0.438. The van der Waals surface area contributed by atoms with E-state index in [4.69, 9.17) is 10.5 Å². The van der Waals surface area contributed by atoms with Gasteiger partial charge in [-0.15, -0.1) is 0 Å². The van der Waals surface area contributed by atoms with E-state index < -0.39 is 0 Å². The Morgan fingerprint density at radius 3 is 3.00 bits per heavy atom. The van der Waals surface area contributed by atoms with Crippen molar-refractivity contribution in [1.29, 1.82) is 0 Å². The van der Waals surface area contributed by atoms with Gasteiger partial charge in [0.15, 0.2) is 0 Å². The fourth-order valence-corrected chi connectivity index (χ4v) is 3.72. The topological polar surface area (TPSA) is 48.1 Å². The van der Waals surface area contributed by atoms with Crippen LogP contribution >= 0.6 is 0 Å². The number of pyridine rings is 1. The molecule has 3 heteroatoms. The Labute approximate surface area is 112 Å². The lowest BCUT2D eigenvalue weighted by Crippen LogP contribution is -2.29. The van der Waals surface area contributed by atoms with Gasteiger partial charge in [-0.25, -0.2) is 0 Å². The molecule has 19 heavy (non-hydrogen) atoms. The number of nitrogens with two attached hydrogens (primary N) is 1. The Hall–Kier alpha value is -1.45. The SMILES string of the molecule is NC(c1cccc2cnccc12)C1CC2CCC1O2. The first-order valence-corrected chi connectivity index (χ1v) is 7.06. The Bertz CT molecular complexity index is 607. The molecule has 2 saturated heterocycles. The van der Waals surface area contributed by atoms with Crippen molar-refractivity contribution in [2.24, 2.45) is 11.7 Å². The summed E-state index contributed by atoms with van der Waals surface area (Å²) >= 11 is 0. The van der Waals surface area contributed by atoms with Gasteiger partial charge in [0.25, 0.3) is 0 Å². The minimum absolute atomic E-state index is 0.0707. The van der Waals surface area contributed by atoms with Crippen molar-refractivity contribution in [3.05, 3.63) is 42.2 Å². The fourth-order valence-electron chi connectivity index (χ4n) is 3.72. The normalized spacial score (nSPS) is 30.9. The summed E-state index contributed by atoms with van der Waals surface area (Å²) in [5.41, 5.74) is 7.79. The second kappa shape index (κ2) is 4.29. The van der Waals surface area contributed by atoms with Gasteiger partial charge in [-0.2, -0.15) is 0 Å². The molecule has 2 aliphatic rings. The first-order valence-electron chi connectivity index (χ1n) is 7.06. The average molecular weight is 254 g/mol. The van der Waals surface area contributed by atoms with Crippen molar-refractivity contribution in [3.8, 4) is 0 Å². The summed E-state index contributed by atoms with van der Waals surface area (Å²) in [6.45, 7) is 0. The molecule has 2 aromatic rings. The molecule has 1 aromatic heterocycles. The molecule has 0 saturated carbocycles. The van der Waals surface area contributed by atoms with Gasteiger partial charge in [-0.05, 0) is 36.3 Å². The number of rotatable bonds is 2. The lowest BCUT2D eigenvalue weighted by molar-refractivity contribution is 0.0885. The number of hydrogen-bond acceptors (Lipinski definition) is 3. The molecule has 0 amide bonds. The van der Waals surface area contributed by atoms with Gasteiger partial charge in [0.2, 0.25) is 0 Å². The molecule has 2 bridgehead atoms. The van der Waals surface area contributed by atoms with E-state index in [1.807, 2.05) is 12.4 Å². The molecular formula is C16H18N2O. The van der Waals surface area contributed by atoms with Gasteiger partial charge >= 0.3 is 0 Å². The van der Waals surface area contributed by atoms with Crippen LogP contribution in [0.3, 0.4) is 0 Å². The van der Waals surface area contributed by atoms with Crippen molar-refractivity contribution < 1.29 is 4.74 Å². The van der Waals surface area contributed by atoms with Crippen molar-refractivity contribution in [2.75, 3.05) is 0 Å². The Morgan fingerprint density at radius 2 is 2.21 bits per heavy atom. The van der Waals surface area contributed by atoms with Crippen LogP contribution in [0.2, 0.25) is 0 Å². The van der Waals surface area contributed by atoms with Crippen LogP contribution in [0.4, 0.5) is 0 Å². The molecule has 2 aliphatic heterocycles. The van der Waals surface area contributed by atoms with Crippen LogP contribution in [0.1, 0.15) is 30.9 Å². The molecule has 0 radical (unpaired) electrons. The highest BCUT2D eigenvalue weighted by Crippen LogP contribution is 2.44. The molecule has 4 rings (SSSR count).